The van der Waals surface area contributed by atoms with E-state index in [4.69, 9.17) is 10.6 Å². The van der Waals surface area contributed by atoms with Gasteiger partial charge in [0, 0.05) is 7.05 Å². The Morgan fingerprint density at radius 1 is 1.75 bits per heavy atom. The standard InChI is InChI=1S/C7H11N3OS/c1-9-7(10-8)6-5(11-2)3-4-12-6/h3-4H,8H2,1-2H3,(H,9,10). The van der Waals surface area contributed by atoms with E-state index in [1.54, 1.807) is 14.2 Å². The van der Waals surface area contributed by atoms with E-state index in [1.165, 1.54) is 11.3 Å². The molecular formula is C7H11N3OS. The van der Waals surface area contributed by atoms with E-state index in [9.17, 15) is 0 Å². The Morgan fingerprint density at radius 2 is 2.50 bits per heavy atom. The number of ether oxygens (including phenoxy) is 1. The highest BCUT2D eigenvalue weighted by Gasteiger charge is 2.08. The van der Waals surface area contributed by atoms with E-state index in [0.29, 0.717) is 5.84 Å². The van der Waals surface area contributed by atoms with Crippen LogP contribution < -0.4 is 16.0 Å². The lowest BCUT2D eigenvalue weighted by Gasteiger charge is -2.03. The number of hydrogen-bond acceptors (Lipinski definition) is 4. The van der Waals surface area contributed by atoms with Crippen LogP contribution in [0.3, 0.4) is 0 Å². The van der Waals surface area contributed by atoms with Gasteiger partial charge in [-0.15, -0.1) is 11.3 Å². The van der Waals surface area contributed by atoms with Crippen molar-refractivity contribution < 1.29 is 4.74 Å². The molecule has 1 aromatic heterocycles. The summed E-state index contributed by atoms with van der Waals surface area (Å²) in [6, 6.07) is 1.88. The van der Waals surface area contributed by atoms with Gasteiger partial charge in [-0.2, -0.15) is 0 Å². The number of hydrogen-bond donors (Lipinski definition) is 2. The zero-order valence-electron chi connectivity index (χ0n) is 7.00. The lowest BCUT2D eigenvalue weighted by atomic mass is 10.4. The van der Waals surface area contributed by atoms with Gasteiger partial charge in [-0.1, -0.05) is 0 Å². The van der Waals surface area contributed by atoms with Crippen LogP contribution in [0.25, 0.3) is 0 Å². The van der Waals surface area contributed by atoms with E-state index in [1.807, 2.05) is 11.4 Å². The molecule has 0 aliphatic heterocycles. The lowest BCUT2D eigenvalue weighted by molar-refractivity contribution is 0.416. The number of methoxy groups -OCH3 is 1. The minimum Gasteiger partial charge on any atom is -0.495 e. The fourth-order valence-corrected chi connectivity index (χ4v) is 1.72. The van der Waals surface area contributed by atoms with Crippen molar-refractivity contribution in [1.29, 1.82) is 0 Å². The molecule has 5 heteroatoms. The highest BCUT2D eigenvalue weighted by atomic mass is 32.1. The van der Waals surface area contributed by atoms with Gasteiger partial charge in [0.1, 0.15) is 10.6 Å². The number of nitrogens with zero attached hydrogens (tertiary/aromatic N) is 1. The van der Waals surface area contributed by atoms with Crippen LogP contribution in [-0.4, -0.2) is 20.0 Å². The predicted molar refractivity (Wildman–Crippen MR) is 50.7 cm³/mol. The van der Waals surface area contributed by atoms with Gasteiger partial charge in [-0.3, -0.25) is 4.99 Å². The van der Waals surface area contributed by atoms with Crippen LogP contribution in [0.15, 0.2) is 16.4 Å². The molecule has 0 radical (unpaired) electrons. The van der Waals surface area contributed by atoms with Crippen LogP contribution in [0.4, 0.5) is 0 Å². The Balaban J connectivity index is 3.00. The number of thiophene rings is 1. The van der Waals surface area contributed by atoms with E-state index < -0.39 is 0 Å². The maximum Gasteiger partial charge on any atom is 0.156 e. The Hall–Kier alpha value is -1.07. The average molecular weight is 185 g/mol. The second-order valence-corrected chi connectivity index (χ2v) is 2.95. The fourth-order valence-electron chi connectivity index (χ4n) is 0.863. The van der Waals surface area contributed by atoms with Crippen LogP contribution in [0.1, 0.15) is 4.88 Å². The first-order chi connectivity index (χ1) is 5.83. The molecule has 4 nitrogen and oxygen atoms in total. The zero-order valence-corrected chi connectivity index (χ0v) is 7.81. The van der Waals surface area contributed by atoms with Gasteiger partial charge in [0.15, 0.2) is 5.84 Å². The number of nitrogens with two attached hydrogens (primary N) is 1. The first kappa shape index (κ1) is 9.02. The number of aliphatic imine (C=N–C) groups is 1. The summed E-state index contributed by atoms with van der Waals surface area (Å²) in [5.74, 6) is 6.70. The highest BCUT2D eigenvalue weighted by Crippen LogP contribution is 2.23. The van der Waals surface area contributed by atoms with Crippen molar-refractivity contribution in [2.24, 2.45) is 10.8 Å². The van der Waals surface area contributed by atoms with Crippen molar-refractivity contribution >= 4 is 17.2 Å². The third kappa shape index (κ3) is 1.57. The van der Waals surface area contributed by atoms with Crippen molar-refractivity contribution in [3.8, 4) is 5.75 Å². The Labute approximate surface area is 75.0 Å². The van der Waals surface area contributed by atoms with Gasteiger partial charge >= 0.3 is 0 Å². The maximum atomic E-state index is 5.27. The van der Waals surface area contributed by atoms with Crippen molar-refractivity contribution in [1.82, 2.24) is 5.43 Å². The smallest absolute Gasteiger partial charge is 0.156 e. The first-order valence-corrected chi connectivity index (χ1v) is 4.26. The van der Waals surface area contributed by atoms with Gasteiger partial charge in [0.25, 0.3) is 0 Å². The summed E-state index contributed by atoms with van der Waals surface area (Å²) in [5.41, 5.74) is 2.51. The molecule has 0 unspecified atom stereocenters. The normalized spacial score (nSPS) is 11.4. The van der Waals surface area contributed by atoms with Crippen molar-refractivity contribution in [2.45, 2.75) is 0 Å². The summed E-state index contributed by atoms with van der Waals surface area (Å²) < 4.78 is 5.10. The third-order valence-electron chi connectivity index (χ3n) is 1.42. The average Bonchev–Trinajstić information content (AvgIpc) is 2.55. The van der Waals surface area contributed by atoms with E-state index in [2.05, 4.69) is 10.4 Å². The molecule has 0 saturated carbocycles. The molecule has 1 heterocycles. The molecule has 0 aliphatic carbocycles. The second-order valence-electron chi connectivity index (χ2n) is 2.03. The summed E-state index contributed by atoms with van der Waals surface area (Å²) in [5, 5.41) is 1.93. The number of nitrogens with one attached hydrogen (secondary N) is 1. The largest absolute Gasteiger partial charge is 0.495 e. The first-order valence-electron chi connectivity index (χ1n) is 3.38. The van der Waals surface area contributed by atoms with Crippen molar-refractivity contribution in [3.63, 3.8) is 0 Å². The molecule has 0 fully saturated rings. The monoisotopic (exact) mass is 185 g/mol. The highest BCUT2D eigenvalue weighted by molar-refractivity contribution is 7.12. The molecule has 3 N–H and O–H groups in total. The van der Waals surface area contributed by atoms with E-state index >= 15 is 0 Å². The molecule has 0 bridgehead atoms. The molecule has 0 spiro atoms. The molecule has 0 atom stereocenters. The molecular weight excluding hydrogens is 174 g/mol. The summed E-state index contributed by atoms with van der Waals surface area (Å²) in [6.07, 6.45) is 0. The molecule has 0 saturated heterocycles. The number of rotatable bonds is 2. The molecule has 0 aromatic carbocycles. The lowest BCUT2D eigenvalue weighted by Crippen LogP contribution is -2.30. The summed E-state index contributed by atoms with van der Waals surface area (Å²) >= 11 is 1.53. The molecule has 0 amide bonds. The summed E-state index contributed by atoms with van der Waals surface area (Å²) in [6.45, 7) is 0. The third-order valence-corrected chi connectivity index (χ3v) is 2.33. The van der Waals surface area contributed by atoms with Crippen LogP contribution in [0.5, 0.6) is 5.75 Å². The number of amidine groups is 1. The van der Waals surface area contributed by atoms with Crippen LogP contribution in [0, 0.1) is 0 Å². The Bertz CT molecular complexity index is 282. The molecule has 1 aromatic rings. The molecule has 12 heavy (non-hydrogen) atoms. The quantitative estimate of drug-likeness (QED) is 0.307. The van der Waals surface area contributed by atoms with Gasteiger partial charge in [-0.25, -0.2) is 5.84 Å². The van der Waals surface area contributed by atoms with Gasteiger partial charge in [0.05, 0.1) is 7.11 Å². The maximum absolute atomic E-state index is 5.27. The van der Waals surface area contributed by atoms with Crippen LogP contribution in [-0.2, 0) is 0 Å². The molecule has 0 aliphatic rings. The predicted octanol–water partition coefficient (Wildman–Crippen LogP) is 0.596. The van der Waals surface area contributed by atoms with Crippen LogP contribution in [0.2, 0.25) is 0 Å². The number of hydrazine groups is 1. The van der Waals surface area contributed by atoms with Crippen molar-refractivity contribution in [2.75, 3.05) is 14.2 Å². The van der Waals surface area contributed by atoms with E-state index in [0.717, 1.165) is 10.6 Å². The topological polar surface area (TPSA) is 59.6 Å². The summed E-state index contributed by atoms with van der Waals surface area (Å²) in [7, 11) is 3.30. The zero-order chi connectivity index (χ0) is 8.97. The minimum atomic E-state index is 0.641. The molecule has 1 rings (SSSR count). The van der Waals surface area contributed by atoms with Crippen LogP contribution >= 0.6 is 11.3 Å². The summed E-state index contributed by atoms with van der Waals surface area (Å²) in [4.78, 5) is 4.89. The van der Waals surface area contributed by atoms with Gasteiger partial charge in [0.2, 0.25) is 0 Å². The Morgan fingerprint density at radius 3 is 3.00 bits per heavy atom. The molecule has 66 valence electrons. The minimum absolute atomic E-state index is 0.641. The SMILES string of the molecule is CN=C(NN)c1sccc1OC. The van der Waals surface area contributed by atoms with Gasteiger partial charge in [-0.05, 0) is 11.4 Å². The Kier molecular flexibility index (Phi) is 3.07. The van der Waals surface area contributed by atoms with E-state index in [-0.39, 0.29) is 0 Å². The second kappa shape index (κ2) is 4.08. The fraction of sp³-hybridized carbons (Fsp3) is 0.286. The van der Waals surface area contributed by atoms with Gasteiger partial charge < -0.3 is 10.2 Å². The van der Waals surface area contributed by atoms with Crippen molar-refractivity contribution in [3.05, 3.63) is 16.3 Å².